The van der Waals surface area contributed by atoms with Gasteiger partial charge in [-0.25, -0.2) is 14.8 Å². The summed E-state index contributed by atoms with van der Waals surface area (Å²) >= 11 is 0. The van der Waals surface area contributed by atoms with Gasteiger partial charge in [0.25, 0.3) is 0 Å². The summed E-state index contributed by atoms with van der Waals surface area (Å²) in [5.41, 5.74) is -3.96. The second-order valence-corrected chi connectivity index (χ2v) is 11.7. The molecule has 9 nitrogen and oxygen atoms in total. The van der Waals surface area contributed by atoms with Crippen LogP contribution in [0.1, 0.15) is 79.6 Å². The normalized spacial score (nSPS) is 16.4. The number of halogens is 9. The highest BCUT2D eigenvalue weighted by atomic mass is 19.4. The maximum atomic E-state index is 13.9. The topological polar surface area (TPSA) is 108 Å². The Bertz CT molecular complexity index is 1690. The van der Waals surface area contributed by atoms with Crippen molar-refractivity contribution in [3.63, 3.8) is 0 Å². The summed E-state index contributed by atoms with van der Waals surface area (Å²) in [7, 11) is 0. The van der Waals surface area contributed by atoms with Crippen LogP contribution in [0.4, 0.5) is 61.6 Å². The van der Waals surface area contributed by atoms with Crippen LogP contribution in [0.3, 0.4) is 0 Å². The van der Waals surface area contributed by atoms with Gasteiger partial charge in [-0.05, 0) is 74.2 Å². The van der Waals surface area contributed by atoms with E-state index >= 15 is 0 Å². The summed E-state index contributed by atoms with van der Waals surface area (Å²) < 4.78 is 128. The zero-order valence-corrected chi connectivity index (χ0v) is 27.5. The van der Waals surface area contributed by atoms with Crippen LogP contribution in [0.2, 0.25) is 0 Å². The summed E-state index contributed by atoms with van der Waals surface area (Å²) in [6, 6.07) is 2.30. The van der Waals surface area contributed by atoms with Crippen molar-refractivity contribution in [3.05, 3.63) is 76.1 Å². The summed E-state index contributed by atoms with van der Waals surface area (Å²) in [6.07, 6.45) is -15.3. The van der Waals surface area contributed by atoms with Crippen molar-refractivity contribution in [3.8, 4) is 0 Å². The molecule has 0 saturated carbocycles. The first-order valence-corrected chi connectivity index (χ1v) is 15.8. The van der Waals surface area contributed by atoms with Crippen LogP contribution in [0.5, 0.6) is 0 Å². The molecule has 0 unspecified atom stereocenters. The predicted molar refractivity (Wildman–Crippen MR) is 167 cm³/mol. The van der Waals surface area contributed by atoms with E-state index in [1.807, 2.05) is 0 Å². The van der Waals surface area contributed by atoms with Crippen molar-refractivity contribution in [2.45, 2.75) is 77.1 Å². The quantitative estimate of drug-likeness (QED) is 0.189. The summed E-state index contributed by atoms with van der Waals surface area (Å²) in [5, 5.41) is 11.9. The van der Waals surface area contributed by atoms with Gasteiger partial charge < -0.3 is 20.1 Å². The van der Waals surface area contributed by atoms with Crippen molar-refractivity contribution >= 4 is 29.4 Å². The number of aromatic nitrogens is 2. The van der Waals surface area contributed by atoms with Gasteiger partial charge in [-0.2, -0.15) is 39.5 Å². The first kappa shape index (κ1) is 39.0. The Morgan fingerprint density at radius 1 is 0.922 bits per heavy atom. The maximum absolute atomic E-state index is 13.9. The highest BCUT2D eigenvalue weighted by Gasteiger charge is 2.40. The lowest BCUT2D eigenvalue weighted by Gasteiger charge is -2.40. The molecule has 278 valence electrons. The molecular weight excluding hydrogens is 701 g/mol. The number of carbonyl (C=O) groups excluding carboxylic acids is 1. The van der Waals surface area contributed by atoms with Gasteiger partial charge in [0, 0.05) is 25.6 Å². The molecule has 4 rings (SSSR count). The van der Waals surface area contributed by atoms with Crippen molar-refractivity contribution in [1.29, 1.82) is 0 Å². The number of amides is 1. The van der Waals surface area contributed by atoms with Crippen LogP contribution in [-0.4, -0.2) is 52.9 Å². The van der Waals surface area contributed by atoms with Crippen molar-refractivity contribution in [2.75, 3.05) is 34.8 Å². The Morgan fingerprint density at radius 3 is 2.06 bits per heavy atom. The SMILES string of the molecule is CC[C@@H]1C[C@H](Nc2ncc(N(CC)CC)c(Cc3cc(C(F)(F)F)cc(C(F)(F)F)c3)n2)c2cc(C(F)(F)F)ccc2N1C(=O)OCCC(=O)O. The molecule has 2 N–H and O–H groups in total. The fourth-order valence-corrected chi connectivity index (χ4v) is 5.87. The third kappa shape index (κ3) is 9.32. The molecule has 1 amide bonds. The molecule has 0 aliphatic carbocycles. The molecule has 2 heterocycles. The van der Waals surface area contributed by atoms with Crippen molar-refractivity contribution in [1.82, 2.24) is 9.97 Å². The number of fused-ring (bicyclic) bond motifs is 1. The van der Waals surface area contributed by atoms with Gasteiger partial charge >= 0.3 is 30.6 Å². The number of aliphatic carboxylic acids is 1. The number of carboxylic acid groups (broad SMARTS) is 1. The molecule has 1 aliphatic heterocycles. The lowest BCUT2D eigenvalue weighted by molar-refractivity contribution is -0.143. The molecule has 0 bridgehead atoms. The molecule has 0 fully saturated rings. The van der Waals surface area contributed by atoms with Gasteiger partial charge in [0.05, 0.1) is 52.4 Å². The molecule has 51 heavy (non-hydrogen) atoms. The number of hydrogen-bond acceptors (Lipinski definition) is 7. The largest absolute Gasteiger partial charge is 0.481 e. The first-order chi connectivity index (χ1) is 23.8. The molecule has 0 saturated heterocycles. The number of benzene rings is 2. The Labute approximate surface area is 286 Å². The molecule has 1 aromatic heterocycles. The van der Waals surface area contributed by atoms with Gasteiger partial charge in [-0.1, -0.05) is 6.92 Å². The minimum atomic E-state index is -5.08. The number of hydrogen-bond donors (Lipinski definition) is 2. The molecule has 0 radical (unpaired) electrons. The molecule has 2 aromatic carbocycles. The van der Waals surface area contributed by atoms with Gasteiger partial charge in [0.2, 0.25) is 5.95 Å². The number of alkyl halides is 9. The van der Waals surface area contributed by atoms with Crippen molar-refractivity contribution < 1.29 is 58.9 Å². The molecular formula is C33H34F9N5O4. The first-order valence-electron chi connectivity index (χ1n) is 15.8. The monoisotopic (exact) mass is 735 g/mol. The standard InChI is InChI=1S/C33H34F9N5O4/c1-4-22-16-24(23-15-19(31(34,35)36)7-8-26(23)47(22)30(50)51-10-9-28(48)49)44-29-43-17-27(46(5-2)6-3)25(45-29)13-18-11-20(32(37,38)39)14-21(12-18)33(40,41)42/h7-8,11-12,14-15,17,22,24H,4-6,9-10,13,16H2,1-3H3,(H,48,49)(H,43,44,45)/t22-,24+/m1/s1. The third-order valence-electron chi connectivity index (χ3n) is 8.34. The Balaban J connectivity index is 1.79. The summed E-state index contributed by atoms with van der Waals surface area (Å²) in [6.45, 7) is 5.53. The molecule has 1 aliphatic rings. The predicted octanol–water partition coefficient (Wildman–Crippen LogP) is 8.72. The lowest BCUT2D eigenvalue weighted by atomic mass is 9.89. The van der Waals surface area contributed by atoms with Gasteiger partial charge in [-0.15, -0.1) is 0 Å². The molecule has 3 aromatic rings. The average molecular weight is 736 g/mol. The van der Waals surface area contributed by atoms with Crippen molar-refractivity contribution in [2.24, 2.45) is 0 Å². The van der Waals surface area contributed by atoms with Crippen LogP contribution < -0.4 is 15.1 Å². The number of nitrogens with zero attached hydrogens (tertiary/aromatic N) is 4. The second-order valence-electron chi connectivity index (χ2n) is 11.7. The van der Waals surface area contributed by atoms with E-state index in [1.165, 1.54) is 6.20 Å². The zero-order chi connectivity index (χ0) is 37.9. The summed E-state index contributed by atoms with van der Waals surface area (Å²) in [4.78, 5) is 35.7. The Morgan fingerprint density at radius 2 is 1.53 bits per heavy atom. The molecule has 0 spiro atoms. The highest BCUT2D eigenvalue weighted by molar-refractivity contribution is 5.90. The van der Waals surface area contributed by atoms with Gasteiger partial charge in [-0.3, -0.25) is 9.69 Å². The number of ether oxygens (including phenoxy) is 1. The van der Waals surface area contributed by atoms with Crippen LogP contribution >= 0.6 is 0 Å². The third-order valence-corrected chi connectivity index (χ3v) is 8.34. The van der Waals surface area contributed by atoms with E-state index in [-0.39, 0.29) is 47.4 Å². The number of anilines is 3. The lowest BCUT2D eigenvalue weighted by Crippen LogP contribution is -2.46. The summed E-state index contributed by atoms with van der Waals surface area (Å²) in [5.74, 6) is -1.40. The molecule has 18 heteroatoms. The molecule has 2 atom stereocenters. The van der Waals surface area contributed by atoms with E-state index in [9.17, 15) is 49.1 Å². The fraction of sp³-hybridized carbons (Fsp3) is 0.455. The van der Waals surface area contributed by atoms with Crippen LogP contribution in [-0.2, 0) is 34.5 Å². The maximum Gasteiger partial charge on any atom is 0.416 e. The smallest absolute Gasteiger partial charge is 0.416 e. The zero-order valence-electron chi connectivity index (χ0n) is 27.5. The number of rotatable bonds is 11. The van der Waals surface area contributed by atoms with Crippen LogP contribution in [0, 0.1) is 0 Å². The van der Waals surface area contributed by atoms with E-state index in [4.69, 9.17) is 9.84 Å². The second kappa shape index (κ2) is 15.2. The number of carbonyl (C=O) groups is 2. The van der Waals surface area contributed by atoms with E-state index in [0.717, 1.165) is 23.1 Å². The Kier molecular flexibility index (Phi) is 11.7. The van der Waals surface area contributed by atoms with E-state index in [0.29, 0.717) is 30.9 Å². The van der Waals surface area contributed by atoms with Gasteiger partial charge in [0.15, 0.2) is 0 Å². The van der Waals surface area contributed by atoms with Crippen LogP contribution in [0.15, 0.2) is 42.6 Å². The van der Waals surface area contributed by atoms with E-state index in [2.05, 4.69) is 15.3 Å². The van der Waals surface area contributed by atoms with Gasteiger partial charge in [0.1, 0.15) is 6.61 Å². The van der Waals surface area contributed by atoms with E-state index < -0.39 is 78.8 Å². The van der Waals surface area contributed by atoms with Crippen LogP contribution in [0.25, 0.3) is 0 Å². The van der Waals surface area contributed by atoms with E-state index in [1.54, 1.807) is 25.7 Å². The highest BCUT2D eigenvalue weighted by Crippen LogP contribution is 2.43. The fourth-order valence-electron chi connectivity index (χ4n) is 5.87. The minimum absolute atomic E-state index is 0.00208. The number of nitrogens with one attached hydrogen (secondary N) is 1. The Hall–Kier alpha value is -4.77. The average Bonchev–Trinajstić information content (AvgIpc) is 3.04. The number of carboxylic acids is 1. The minimum Gasteiger partial charge on any atom is -0.481 e.